The molecule has 194 valence electrons. The van der Waals surface area contributed by atoms with Crippen molar-refractivity contribution < 1.29 is 24.2 Å². The smallest absolute Gasteiger partial charge is 0.300 e. The van der Waals surface area contributed by atoms with Gasteiger partial charge in [-0.2, -0.15) is 5.26 Å². The van der Waals surface area contributed by atoms with E-state index >= 15 is 0 Å². The first-order valence-electron chi connectivity index (χ1n) is 12.2. The predicted octanol–water partition coefficient (Wildman–Crippen LogP) is 5.81. The highest BCUT2D eigenvalue weighted by Gasteiger charge is 2.47. The average molecular weight is 511 g/mol. The molecule has 1 aliphatic rings. The third kappa shape index (κ3) is 4.61. The van der Waals surface area contributed by atoms with Crippen LogP contribution in [0.3, 0.4) is 0 Å². The molecule has 1 atom stereocenters. The van der Waals surface area contributed by atoms with Crippen molar-refractivity contribution in [2.24, 2.45) is 0 Å². The molecule has 3 aromatic rings. The molecule has 0 aromatic heterocycles. The van der Waals surface area contributed by atoms with Gasteiger partial charge in [0.25, 0.3) is 11.7 Å². The molecule has 0 saturated carbocycles. The fraction of sp³-hybridized carbons (Fsp3) is 0.258. The number of Topliss-reactive ketones (excluding diaryl/α,β-unsaturated/α-hetero) is 1. The third-order valence-electron chi connectivity index (χ3n) is 6.80. The van der Waals surface area contributed by atoms with Crippen LogP contribution in [0.1, 0.15) is 54.6 Å². The molecule has 1 heterocycles. The van der Waals surface area contributed by atoms with Crippen LogP contribution in [0.25, 0.3) is 5.76 Å². The zero-order valence-corrected chi connectivity index (χ0v) is 22.3. The maximum absolute atomic E-state index is 13.6. The molecule has 0 bridgehead atoms. The number of anilines is 1. The number of aryl methyl sites for hydroxylation is 1. The number of hydrogen-bond acceptors (Lipinski definition) is 6. The monoisotopic (exact) mass is 510 g/mol. The summed E-state index contributed by atoms with van der Waals surface area (Å²) in [6, 6.07) is 18.4. The van der Waals surface area contributed by atoms with E-state index in [4.69, 9.17) is 9.47 Å². The lowest BCUT2D eigenvalue weighted by atomic mass is 9.84. The number of aliphatic hydroxyl groups excluding tert-OH is 1. The van der Waals surface area contributed by atoms with Gasteiger partial charge in [-0.05, 0) is 71.5 Å². The summed E-state index contributed by atoms with van der Waals surface area (Å²) in [5.74, 6) is -0.919. The number of hydrogen-bond donors (Lipinski definition) is 1. The van der Waals surface area contributed by atoms with Gasteiger partial charge in [-0.1, -0.05) is 39.0 Å². The summed E-state index contributed by atoms with van der Waals surface area (Å²) in [4.78, 5) is 28.4. The van der Waals surface area contributed by atoms with Gasteiger partial charge in [0.2, 0.25) is 0 Å². The van der Waals surface area contributed by atoms with E-state index in [0.717, 1.165) is 11.1 Å². The highest BCUT2D eigenvalue weighted by atomic mass is 16.5. The van der Waals surface area contributed by atoms with Crippen LogP contribution in [0.2, 0.25) is 0 Å². The standard InChI is InChI=1S/C31H30N2O5/c1-18-7-11-21(31(2,3)4)16-23(18)28(34)26-27(20-10-14-24(37-5)25(15-20)38-6)33(30(36)29(26)35)22-12-8-19(17-32)9-13-22/h7-16,27,34H,1-6H3/b28-26+. The lowest BCUT2D eigenvalue weighted by molar-refractivity contribution is -0.132. The first-order valence-corrected chi connectivity index (χ1v) is 12.2. The molecule has 1 amide bonds. The Labute approximate surface area is 222 Å². The first kappa shape index (κ1) is 26.5. The van der Waals surface area contributed by atoms with Crippen molar-refractivity contribution in [2.75, 3.05) is 19.1 Å². The van der Waals surface area contributed by atoms with Crippen molar-refractivity contribution in [1.29, 1.82) is 5.26 Å². The Bertz CT molecular complexity index is 1490. The summed E-state index contributed by atoms with van der Waals surface area (Å²) in [5.41, 5.74) is 3.41. The SMILES string of the molecule is COc1ccc(C2/C(=C(\O)c3cc(C(C)(C)C)ccc3C)C(=O)C(=O)N2c2ccc(C#N)cc2)cc1OC. The molecule has 1 unspecified atom stereocenters. The fourth-order valence-electron chi connectivity index (χ4n) is 4.62. The minimum Gasteiger partial charge on any atom is -0.507 e. The van der Waals surface area contributed by atoms with Crippen molar-refractivity contribution in [3.05, 3.63) is 94.1 Å². The molecule has 7 heteroatoms. The van der Waals surface area contributed by atoms with Gasteiger partial charge >= 0.3 is 0 Å². The van der Waals surface area contributed by atoms with Gasteiger partial charge in [0.15, 0.2) is 11.5 Å². The highest BCUT2D eigenvalue weighted by Crippen LogP contribution is 2.44. The number of rotatable bonds is 5. The summed E-state index contributed by atoms with van der Waals surface area (Å²) < 4.78 is 10.9. The normalized spacial score (nSPS) is 16.9. The highest BCUT2D eigenvalue weighted by molar-refractivity contribution is 6.51. The quantitative estimate of drug-likeness (QED) is 0.264. The lowest BCUT2D eigenvalue weighted by Crippen LogP contribution is -2.29. The zero-order chi connectivity index (χ0) is 27.8. The van der Waals surface area contributed by atoms with E-state index in [-0.39, 0.29) is 16.7 Å². The van der Waals surface area contributed by atoms with Crippen LogP contribution in [0.4, 0.5) is 5.69 Å². The maximum atomic E-state index is 13.6. The molecule has 3 aromatic carbocycles. The second kappa shape index (κ2) is 10.1. The van der Waals surface area contributed by atoms with Crippen LogP contribution in [0.15, 0.2) is 66.2 Å². The first-order chi connectivity index (χ1) is 18.0. The van der Waals surface area contributed by atoms with E-state index in [1.165, 1.54) is 19.1 Å². The van der Waals surface area contributed by atoms with E-state index < -0.39 is 17.7 Å². The number of methoxy groups -OCH3 is 2. The number of ketones is 1. The number of carbonyl (C=O) groups excluding carboxylic acids is 2. The van der Waals surface area contributed by atoms with Crippen molar-refractivity contribution in [1.82, 2.24) is 0 Å². The minimum atomic E-state index is -0.944. The van der Waals surface area contributed by atoms with Crippen molar-refractivity contribution >= 4 is 23.1 Å². The van der Waals surface area contributed by atoms with E-state index in [0.29, 0.717) is 33.9 Å². The van der Waals surface area contributed by atoms with Gasteiger partial charge in [0.05, 0.1) is 37.5 Å². The van der Waals surface area contributed by atoms with Crippen molar-refractivity contribution in [3.8, 4) is 17.6 Å². The minimum absolute atomic E-state index is 0.0271. The predicted molar refractivity (Wildman–Crippen MR) is 145 cm³/mol. The van der Waals surface area contributed by atoms with Gasteiger partial charge in [-0.15, -0.1) is 0 Å². The lowest BCUT2D eigenvalue weighted by Gasteiger charge is -2.26. The van der Waals surface area contributed by atoms with Gasteiger partial charge in [0, 0.05) is 11.3 Å². The van der Waals surface area contributed by atoms with Gasteiger partial charge < -0.3 is 14.6 Å². The summed E-state index contributed by atoms with van der Waals surface area (Å²) in [6.45, 7) is 8.04. The number of nitriles is 1. The average Bonchev–Trinajstić information content (AvgIpc) is 3.17. The number of amides is 1. The number of nitrogens with zero attached hydrogens (tertiary/aromatic N) is 2. The fourth-order valence-corrected chi connectivity index (χ4v) is 4.62. The van der Waals surface area contributed by atoms with Crippen LogP contribution in [0, 0.1) is 18.3 Å². The number of aliphatic hydroxyl groups is 1. The van der Waals surface area contributed by atoms with Crippen molar-refractivity contribution in [3.63, 3.8) is 0 Å². The second-order valence-corrected chi connectivity index (χ2v) is 10.2. The van der Waals surface area contributed by atoms with E-state index in [9.17, 15) is 20.0 Å². The molecule has 38 heavy (non-hydrogen) atoms. The van der Waals surface area contributed by atoms with Crippen molar-refractivity contribution in [2.45, 2.75) is 39.2 Å². The van der Waals surface area contributed by atoms with E-state index in [1.807, 2.05) is 25.1 Å². The molecule has 1 saturated heterocycles. The molecule has 1 aliphatic heterocycles. The molecule has 4 rings (SSSR count). The molecule has 0 radical (unpaired) electrons. The Kier molecular flexibility index (Phi) is 7.01. The van der Waals surface area contributed by atoms with Crippen LogP contribution in [-0.2, 0) is 15.0 Å². The van der Waals surface area contributed by atoms with Crippen LogP contribution >= 0.6 is 0 Å². The summed E-state index contributed by atoms with van der Waals surface area (Å²) >= 11 is 0. The summed E-state index contributed by atoms with van der Waals surface area (Å²) in [7, 11) is 3.02. The molecule has 1 fully saturated rings. The topological polar surface area (TPSA) is 99.9 Å². The summed E-state index contributed by atoms with van der Waals surface area (Å²) in [5, 5.41) is 20.9. The Morgan fingerprint density at radius 2 is 1.61 bits per heavy atom. The van der Waals surface area contributed by atoms with Gasteiger partial charge in [0.1, 0.15) is 5.76 Å². The Hall–Kier alpha value is -4.57. The third-order valence-corrected chi connectivity index (χ3v) is 6.80. The molecule has 1 N–H and O–H groups in total. The second-order valence-electron chi connectivity index (χ2n) is 10.2. The van der Waals surface area contributed by atoms with Gasteiger partial charge in [-0.25, -0.2) is 0 Å². The zero-order valence-electron chi connectivity index (χ0n) is 22.3. The largest absolute Gasteiger partial charge is 0.507 e. The number of carbonyl (C=O) groups is 2. The number of ether oxygens (including phenoxy) is 2. The summed E-state index contributed by atoms with van der Waals surface area (Å²) in [6.07, 6.45) is 0. The van der Waals surface area contributed by atoms with Crippen LogP contribution in [0.5, 0.6) is 11.5 Å². The Morgan fingerprint density at radius 1 is 0.947 bits per heavy atom. The Balaban J connectivity index is 2.00. The van der Waals surface area contributed by atoms with E-state index in [1.54, 1.807) is 42.5 Å². The van der Waals surface area contributed by atoms with E-state index in [2.05, 4.69) is 26.8 Å². The number of benzene rings is 3. The van der Waals surface area contributed by atoms with Gasteiger partial charge in [-0.3, -0.25) is 14.5 Å². The molecule has 0 spiro atoms. The van der Waals surface area contributed by atoms with Crippen LogP contribution in [-0.4, -0.2) is 31.0 Å². The molecular weight excluding hydrogens is 480 g/mol. The van der Waals surface area contributed by atoms with Crippen LogP contribution < -0.4 is 14.4 Å². The Morgan fingerprint density at radius 3 is 2.18 bits per heavy atom. The molecule has 7 nitrogen and oxygen atoms in total. The molecule has 0 aliphatic carbocycles. The maximum Gasteiger partial charge on any atom is 0.300 e. The molecular formula is C31H30N2O5.